The minimum Gasteiger partial charge on any atom is -0.497 e. The Morgan fingerprint density at radius 3 is 2.24 bits per heavy atom. The van der Waals surface area contributed by atoms with Gasteiger partial charge in [-0.25, -0.2) is 13.1 Å². The molecule has 0 heterocycles. The molecule has 0 bridgehead atoms. The quantitative estimate of drug-likeness (QED) is 0.248. The summed E-state index contributed by atoms with van der Waals surface area (Å²) < 4.78 is 32.0. The van der Waals surface area contributed by atoms with Gasteiger partial charge in [0.05, 0.1) is 12.9 Å². The van der Waals surface area contributed by atoms with Crippen LogP contribution in [0.15, 0.2) is 59.6 Å². The van der Waals surface area contributed by atoms with Crippen molar-refractivity contribution in [2.24, 2.45) is 4.99 Å². The van der Waals surface area contributed by atoms with Crippen molar-refractivity contribution in [3.05, 3.63) is 65.7 Å². The Kier molecular flexibility index (Phi) is 11.6. The van der Waals surface area contributed by atoms with E-state index >= 15 is 0 Å². The largest absolute Gasteiger partial charge is 0.497 e. The van der Waals surface area contributed by atoms with Gasteiger partial charge in [0.25, 0.3) is 0 Å². The smallest absolute Gasteiger partial charge is 0.213 e. The van der Waals surface area contributed by atoms with Crippen LogP contribution in [0.4, 0.5) is 0 Å². The van der Waals surface area contributed by atoms with Crippen LogP contribution in [0, 0.1) is 0 Å². The first-order valence-electron chi connectivity index (χ1n) is 9.11. The molecule has 0 amide bonds. The first-order chi connectivity index (χ1) is 13.5. The van der Waals surface area contributed by atoms with Crippen LogP contribution in [0.3, 0.4) is 0 Å². The van der Waals surface area contributed by atoms with E-state index in [0.29, 0.717) is 12.5 Å². The molecule has 0 unspecified atom stereocenters. The Labute approximate surface area is 190 Å². The first kappa shape index (κ1) is 25.2. The number of benzene rings is 2. The summed E-state index contributed by atoms with van der Waals surface area (Å²) in [5.41, 5.74) is 2.10. The van der Waals surface area contributed by atoms with Gasteiger partial charge in [0.2, 0.25) is 10.0 Å². The van der Waals surface area contributed by atoms with Crippen LogP contribution < -0.4 is 20.1 Å². The van der Waals surface area contributed by atoms with Gasteiger partial charge in [-0.3, -0.25) is 4.99 Å². The number of nitrogens with one attached hydrogen (secondary N) is 3. The van der Waals surface area contributed by atoms with E-state index in [0.717, 1.165) is 17.7 Å². The van der Waals surface area contributed by atoms with Gasteiger partial charge in [-0.2, -0.15) is 0 Å². The van der Waals surface area contributed by atoms with Crippen molar-refractivity contribution in [1.82, 2.24) is 15.4 Å². The predicted molar refractivity (Wildman–Crippen MR) is 129 cm³/mol. The van der Waals surface area contributed by atoms with E-state index in [9.17, 15) is 8.42 Å². The van der Waals surface area contributed by atoms with E-state index in [1.807, 2.05) is 54.6 Å². The predicted octanol–water partition coefficient (Wildman–Crippen LogP) is 2.14. The second-order valence-electron chi connectivity index (χ2n) is 6.15. The molecule has 2 aromatic carbocycles. The molecule has 0 atom stereocenters. The van der Waals surface area contributed by atoms with E-state index in [-0.39, 0.29) is 42.8 Å². The van der Waals surface area contributed by atoms with Crippen LogP contribution >= 0.6 is 24.0 Å². The summed E-state index contributed by atoms with van der Waals surface area (Å²) in [6.45, 7) is 1.25. The molecule has 0 fully saturated rings. The highest BCUT2D eigenvalue weighted by Crippen LogP contribution is 2.11. The van der Waals surface area contributed by atoms with Crippen molar-refractivity contribution in [1.29, 1.82) is 0 Å². The fourth-order valence-electron chi connectivity index (χ4n) is 2.50. The molecular weight excluding hydrogens is 503 g/mol. The lowest BCUT2D eigenvalue weighted by Crippen LogP contribution is -2.41. The van der Waals surface area contributed by atoms with E-state index in [4.69, 9.17) is 4.74 Å². The van der Waals surface area contributed by atoms with Gasteiger partial charge < -0.3 is 15.4 Å². The zero-order chi connectivity index (χ0) is 20.2. The first-order valence-corrected chi connectivity index (χ1v) is 10.8. The lowest BCUT2D eigenvalue weighted by molar-refractivity contribution is 0.414. The molecule has 7 nitrogen and oxygen atoms in total. The van der Waals surface area contributed by atoms with Crippen LogP contribution in [0.1, 0.15) is 11.1 Å². The van der Waals surface area contributed by atoms with Crippen LogP contribution in [0.25, 0.3) is 0 Å². The van der Waals surface area contributed by atoms with Gasteiger partial charge in [0.15, 0.2) is 5.96 Å². The fraction of sp³-hybridized carbons (Fsp3) is 0.350. The Balaban J connectivity index is 0.00000420. The molecular formula is C20H29IN4O3S. The molecule has 0 aliphatic heterocycles. The van der Waals surface area contributed by atoms with Crippen LogP contribution in [-0.2, 0) is 23.0 Å². The molecule has 3 N–H and O–H groups in total. The summed E-state index contributed by atoms with van der Waals surface area (Å²) in [6, 6.07) is 17.3. The standard InChI is InChI=1S/C20H28N4O3S.HI/c1-21-20(22-13-12-17-8-10-19(27-2)11-9-17)23-14-15-28(25,26)24-16-18-6-4-3-5-7-18;/h3-11,24H,12-16H2,1-2H3,(H2,21,22,23);1H. The monoisotopic (exact) mass is 532 g/mol. The number of halogens is 1. The molecule has 0 aliphatic carbocycles. The van der Waals surface area contributed by atoms with Crippen molar-refractivity contribution in [2.75, 3.05) is 33.0 Å². The molecule has 9 heteroatoms. The van der Waals surface area contributed by atoms with E-state index in [1.165, 1.54) is 5.56 Å². The molecule has 0 aromatic heterocycles. The number of sulfonamides is 1. The van der Waals surface area contributed by atoms with Gasteiger partial charge in [-0.05, 0) is 29.7 Å². The number of nitrogens with zero attached hydrogens (tertiary/aromatic N) is 1. The zero-order valence-corrected chi connectivity index (χ0v) is 19.9. The molecule has 160 valence electrons. The second-order valence-corrected chi connectivity index (χ2v) is 8.08. The van der Waals surface area contributed by atoms with Crippen LogP contribution in [-0.4, -0.2) is 47.4 Å². The Hall–Kier alpha value is -1.85. The number of hydrogen-bond donors (Lipinski definition) is 3. The van der Waals surface area contributed by atoms with Crippen molar-refractivity contribution < 1.29 is 13.2 Å². The summed E-state index contributed by atoms with van der Waals surface area (Å²) in [7, 11) is -0.0608. The maximum atomic E-state index is 12.1. The molecule has 2 rings (SSSR count). The van der Waals surface area contributed by atoms with Crippen molar-refractivity contribution in [2.45, 2.75) is 13.0 Å². The minimum absolute atomic E-state index is 0. The summed E-state index contributed by atoms with van der Waals surface area (Å²) in [5.74, 6) is 1.38. The number of rotatable bonds is 10. The number of aliphatic imine (C=N–C) groups is 1. The third-order valence-electron chi connectivity index (χ3n) is 4.09. The normalized spacial score (nSPS) is 11.4. The molecule has 0 aliphatic rings. The summed E-state index contributed by atoms with van der Waals surface area (Å²) in [4.78, 5) is 4.12. The summed E-state index contributed by atoms with van der Waals surface area (Å²) in [6.07, 6.45) is 0.821. The van der Waals surface area contributed by atoms with Gasteiger partial charge in [0.1, 0.15) is 5.75 Å². The lowest BCUT2D eigenvalue weighted by atomic mass is 10.1. The third kappa shape index (κ3) is 9.95. The Morgan fingerprint density at radius 2 is 1.62 bits per heavy atom. The SMILES string of the molecule is CN=C(NCCc1ccc(OC)cc1)NCCS(=O)(=O)NCc1ccccc1.I. The fourth-order valence-corrected chi connectivity index (χ4v) is 3.40. The van der Waals surface area contributed by atoms with Crippen molar-refractivity contribution >= 4 is 40.0 Å². The molecule has 29 heavy (non-hydrogen) atoms. The molecule has 0 saturated heterocycles. The number of hydrogen-bond acceptors (Lipinski definition) is 4. The zero-order valence-electron chi connectivity index (χ0n) is 16.7. The highest BCUT2D eigenvalue weighted by atomic mass is 127. The van der Waals surface area contributed by atoms with Gasteiger partial charge in [-0.15, -0.1) is 24.0 Å². The van der Waals surface area contributed by atoms with Gasteiger partial charge in [-0.1, -0.05) is 42.5 Å². The van der Waals surface area contributed by atoms with Gasteiger partial charge >= 0.3 is 0 Å². The Bertz CT molecular complexity index is 844. The highest BCUT2D eigenvalue weighted by molar-refractivity contribution is 14.0. The molecule has 0 saturated carbocycles. The average Bonchev–Trinajstić information content (AvgIpc) is 2.72. The highest BCUT2D eigenvalue weighted by Gasteiger charge is 2.10. The van der Waals surface area contributed by atoms with Crippen molar-refractivity contribution in [3.63, 3.8) is 0 Å². The summed E-state index contributed by atoms with van der Waals surface area (Å²) >= 11 is 0. The minimum atomic E-state index is -3.36. The number of guanidine groups is 1. The van der Waals surface area contributed by atoms with E-state index in [1.54, 1.807) is 14.2 Å². The topological polar surface area (TPSA) is 91.8 Å². The lowest BCUT2D eigenvalue weighted by Gasteiger charge is -2.12. The third-order valence-corrected chi connectivity index (χ3v) is 5.42. The number of methoxy groups -OCH3 is 1. The summed E-state index contributed by atoms with van der Waals surface area (Å²) in [5, 5.41) is 6.21. The Morgan fingerprint density at radius 1 is 0.966 bits per heavy atom. The van der Waals surface area contributed by atoms with E-state index in [2.05, 4.69) is 20.3 Å². The number of ether oxygens (including phenoxy) is 1. The average molecular weight is 532 g/mol. The van der Waals surface area contributed by atoms with Crippen molar-refractivity contribution in [3.8, 4) is 5.75 Å². The van der Waals surface area contributed by atoms with Gasteiger partial charge in [0, 0.05) is 26.7 Å². The second kappa shape index (κ2) is 13.4. The van der Waals surface area contributed by atoms with E-state index < -0.39 is 10.0 Å². The molecule has 0 spiro atoms. The van der Waals surface area contributed by atoms with Crippen LogP contribution in [0.5, 0.6) is 5.75 Å². The van der Waals surface area contributed by atoms with Crippen LogP contribution in [0.2, 0.25) is 0 Å². The maximum absolute atomic E-state index is 12.1. The molecule has 0 radical (unpaired) electrons. The maximum Gasteiger partial charge on any atom is 0.213 e. The molecule has 2 aromatic rings.